The summed E-state index contributed by atoms with van der Waals surface area (Å²) in [6.45, 7) is 6.72. The SMILES string of the molecule is CCc1nc(C)c(C(=O)N2CCN(CCS(C)(=O)=O)CC2)o1. The van der Waals surface area contributed by atoms with Crippen LogP contribution in [0.15, 0.2) is 4.42 Å². The van der Waals surface area contributed by atoms with Crippen molar-refractivity contribution in [3.05, 3.63) is 17.3 Å². The van der Waals surface area contributed by atoms with Crippen molar-refractivity contribution >= 4 is 15.7 Å². The van der Waals surface area contributed by atoms with Crippen molar-refractivity contribution in [1.82, 2.24) is 14.8 Å². The number of rotatable bonds is 5. The van der Waals surface area contributed by atoms with Crippen LogP contribution in [0, 0.1) is 6.92 Å². The Balaban J connectivity index is 1.91. The van der Waals surface area contributed by atoms with Gasteiger partial charge in [0, 0.05) is 45.4 Å². The molecule has 0 saturated carbocycles. The van der Waals surface area contributed by atoms with Gasteiger partial charge in [0.1, 0.15) is 9.84 Å². The van der Waals surface area contributed by atoms with Gasteiger partial charge in [-0.1, -0.05) is 6.92 Å². The molecule has 0 unspecified atom stereocenters. The number of carbonyl (C=O) groups is 1. The Labute approximate surface area is 131 Å². The number of amides is 1. The van der Waals surface area contributed by atoms with Crippen molar-refractivity contribution in [3.8, 4) is 0 Å². The zero-order valence-corrected chi connectivity index (χ0v) is 14.1. The number of oxazole rings is 1. The second-order valence-electron chi connectivity index (χ2n) is 5.64. The summed E-state index contributed by atoms with van der Waals surface area (Å²) < 4.78 is 27.9. The van der Waals surface area contributed by atoms with E-state index in [4.69, 9.17) is 4.42 Å². The van der Waals surface area contributed by atoms with E-state index < -0.39 is 9.84 Å². The molecule has 2 heterocycles. The maximum Gasteiger partial charge on any atom is 0.291 e. The van der Waals surface area contributed by atoms with Crippen LogP contribution >= 0.6 is 0 Å². The minimum Gasteiger partial charge on any atom is -0.435 e. The van der Waals surface area contributed by atoms with Gasteiger partial charge < -0.3 is 9.32 Å². The minimum absolute atomic E-state index is 0.132. The Hall–Kier alpha value is -1.41. The zero-order chi connectivity index (χ0) is 16.3. The fraction of sp³-hybridized carbons (Fsp3) is 0.714. The zero-order valence-electron chi connectivity index (χ0n) is 13.3. The predicted molar refractivity (Wildman–Crippen MR) is 82.7 cm³/mol. The summed E-state index contributed by atoms with van der Waals surface area (Å²) in [7, 11) is -2.95. The fourth-order valence-corrected chi connectivity index (χ4v) is 3.00. The van der Waals surface area contributed by atoms with E-state index >= 15 is 0 Å². The van der Waals surface area contributed by atoms with E-state index in [1.165, 1.54) is 6.26 Å². The summed E-state index contributed by atoms with van der Waals surface area (Å²) in [5.74, 6) is 0.920. The Kier molecular flexibility index (Phi) is 5.23. The average Bonchev–Trinajstić information content (AvgIpc) is 2.85. The van der Waals surface area contributed by atoms with Crippen LogP contribution in [0.3, 0.4) is 0 Å². The third kappa shape index (κ3) is 4.30. The molecule has 0 aliphatic carbocycles. The molecule has 22 heavy (non-hydrogen) atoms. The normalized spacial score (nSPS) is 17.0. The van der Waals surface area contributed by atoms with Gasteiger partial charge in [-0.3, -0.25) is 9.69 Å². The Bertz CT molecular complexity index is 631. The van der Waals surface area contributed by atoms with Crippen LogP contribution in [0.25, 0.3) is 0 Å². The molecule has 1 fully saturated rings. The molecule has 1 aliphatic rings. The molecule has 7 nitrogen and oxygen atoms in total. The monoisotopic (exact) mass is 329 g/mol. The lowest BCUT2D eigenvalue weighted by Crippen LogP contribution is -2.49. The van der Waals surface area contributed by atoms with Crippen molar-refractivity contribution in [2.24, 2.45) is 0 Å². The Morgan fingerprint density at radius 2 is 1.91 bits per heavy atom. The number of aromatic nitrogens is 1. The molecule has 0 N–H and O–H groups in total. The third-order valence-electron chi connectivity index (χ3n) is 3.78. The van der Waals surface area contributed by atoms with Crippen LogP contribution in [-0.4, -0.2) is 73.8 Å². The first-order chi connectivity index (χ1) is 10.3. The molecule has 1 aromatic rings. The number of sulfone groups is 1. The number of hydrogen-bond acceptors (Lipinski definition) is 6. The second kappa shape index (κ2) is 6.78. The topological polar surface area (TPSA) is 83.7 Å². The predicted octanol–water partition coefficient (Wildman–Crippen LogP) is 0.348. The molecule has 124 valence electrons. The van der Waals surface area contributed by atoms with Crippen LogP contribution in [0.5, 0.6) is 0 Å². The van der Waals surface area contributed by atoms with E-state index in [1.807, 2.05) is 6.92 Å². The molecule has 1 amide bonds. The fourth-order valence-electron chi connectivity index (χ4n) is 2.42. The highest BCUT2D eigenvalue weighted by atomic mass is 32.2. The molecule has 0 radical (unpaired) electrons. The van der Waals surface area contributed by atoms with E-state index in [-0.39, 0.29) is 11.7 Å². The van der Waals surface area contributed by atoms with E-state index in [0.717, 1.165) is 0 Å². The molecule has 1 saturated heterocycles. The summed E-state index contributed by atoms with van der Waals surface area (Å²) in [6, 6.07) is 0. The first-order valence-electron chi connectivity index (χ1n) is 7.46. The lowest BCUT2D eigenvalue weighted by Gasteiger charge is -2.34. The molecule has 0 bridgehead atoms. The molecule has 1 aromatic heterocycles. The highest BCUT2D eigenvalue weighted by Crippen LogP contribution is 2.15. The van der Waals surface area contributed by atoms with Gasteiger partial charge in [-0.25, -0.2) is 13.4 Å². The highest BCUT2D eigenvalue weighted by molar-refractivity contribution is 7.90. The van der Waals surface area contributed by atoms with Crippen LogP contribution < -0.4 is 0 Å². The van der Waals surface area contributed by atoms with Gasteiger partial charge in [0.2, 0.25) is 5.76 Å². The van der Waals surface area contributed by atoms with Gasteiger partial charge >= 0.3 is 0 Å². The summed E-state index contributed by atoms with van der Waals surface area (Å²) in [5.41, 5.74) is 0.626. The average molecular weight is 329 g/mol. The van der Waals surface area contributed by atoms with Crippen molar-refractivity contribution in [3.63, 3.8) is 0 Å². The number of carbonyl (C=O) groups excluding carboxylic acids is 1. The third-order valence-corrected chi connectivity index (χ3v) is 4.70. The molecule has 8 heteroatoms. The first kappa shape index (κ1) is 17.0. The Morgan fingerprint density at radius 1 is 1.27 bits per heavy atom. The van der Waals surface area contributed by atoms with Crippen LogP contribution in [-0.2, 0) is 16.3 Å². The summed E-state index contributed by atoms with van der Waals surface area (Å²) >= 11 is 0. The first-order valence-corrected chi connectivity index (χ1v) is 9.52. The quantitative estimate of drug-likeness (QED) is 0.775. The molecule has 2 rings (SSSR count). The minimum atomic E-state index is -2.95. The number of hydrogen-bond donors (Lipinski definition) is 0. The lowest BCUT2D eigenvalue weighted by molar-refractivity contribution is 0.0610. The van der Waals surface area contributed by atoms with Crippen molar-refractivity contribution in [2.45, 2.75) is 20.3 Å². The van der Waals surface area contributed by atoms with Gasteiger partial charge in [0.25, 0.3) is 5.91 Å². The van der Waals surface area contributed by atoms with Gasteiger partial charge in [-0.05, 0) is 6.92 Å². The smallest absolute Gasteiger partial charge is 0.291 e. The van der Waals surface area contributed by atoms with E-state index in [9.17, 15) is 13.2 Å². The van der Waals surface area contributed by atoms with E-state index in [0.29, 0.717) is 56.5 Å². The summed E-state index contributed by atoms with van der Waals surface area (Å²) in [5, 5.41) is 0. The lowest BCUT2D eigenvalue weighted by atomic mass is 10.2. The number of aryl methyl sites for hydroxylation is 2. The van der Waals surface area contributed by atoms with Gasteiger partial charge in [0.15, 0.2) is 5.89 Å². The van der Waals surface area contributed by atoms with E-state index in [1.54, 1.807) is 11.8 Å². The summed E-state index contributed by atoms with van der Waals surface area (Å²) in [4.78, 5) is 20.5. The largest absolute Gasteiger partial charge is 0.435 e. The second-order valence-corrected chi connectivity index (χ2v) is 7.90. The standard InChI is InChI=1S/C14H23N3O4S/c1-4-12-15-11(2)13(21-12)14(18)17-7-5-16(6-8-17)9-10-22(3,19)20/h4-10H2,1-3H3. The van der Waals surface area contributed by atoms with Crippen molar-refractivity contribution < 1.29 is 17.6 Å². The van der Waals surface area contributed by atoms with Crippen molar-refractivity contribution in [1.29, 1.82) is 0 Å². The molecule has 1 aliphatic heterocycles. The number of piperazine rings is 1. The summed E-state index contributed by atoms with van der Waals surface area (Å²) in [6.07, 6.45) is 1.90. The van der Waals surface area contributed by atoms with Gasteiger partial charge in [-0.15, -0.1) is 0 Å². The van der Waals surface area contributed by atoms with Gasteiger partial charge in [0.05, 0.1) is 11.4 Å². The molecular formula is C14H23N3O4S. The van der Waals surface area contributed by atoms with Gasteiger partial charge in [-0.2, -0.15) is 0 Å². The maximum absolute atomic E-state index is 12.5. The van der Waals surface area contributed by atoms with Crippen LogP contribution in [0.4, 0.5) is 0 Å². The molecule has 0 atom stereocenters. The van der Waals surface area contributed by atoms with E-state index in [2.05, 4.69) is 9.88 Å². The van der Waals surface area contributed by atoms with Crippen LogP contribution in [0.2, 0.25) is 0 Å². The molecule has 0 spiro atoms. The number of nitrogens with zero attached hydrogens (tertiary/aromatic N) is 3. The Morgan fingerprint density at radius 3 is 2.41 bits per heavy atom. The molecular weight excluding hydrogens is 306 g/mol. The van der Waals surface area contributed by atoms with Crippen LogP contribution in [0.1, 0.15) is 29.1 Å². The molecule has 0 aromatic carbocycles. The highest BCUT2D eigenvalue weighted by Gasteiger charge is 2.26. The maximum atomic E-state index is 12.5. The van der Waals surface area contributed by atoms with Crippen molar-refractivity contribution in [2.75, 3.05) is 44.7 Å².